The van der Waals surface area contributed by atoms with E-state index < -0.39 is 0 Å². The van der Waals surface area contributed by atoms with Gasteiger partial charge >= 0.3 is 0 Å². The predicted octanol–water partition coefficient (Wildman–Crippen LogP) is 5.86. The molecule has 0 fully saturated rings. The van der Waals surface area contributed by atoms with E-state index in [1.807, 2.05) is 42.5 Å². The maximum Gasteiger partial charge on any atom is 0.260 e. The first-order valence-corrected chi connectivity index (χ1v) is 12.6. The van der Waals surface area contributed by atoms with E-state index in [0.29, 0.717) is 23.8 Å². The lowest BCUT2D eigenvalue weighted by Gasteiger charge is -2.25. The summed E-state index contributed by atoms with van der Waals surface area (Å²) in [5.74, 6) is 1.45. The maximum absolute atomic E-state index is 13.7. The Bertz CT molecular complexity index is 1030. The number of benzene rings is 2. The third-order valence-electron chi connectivity index (χ3n) is 5.69. The molecular formula is C26H35N3O3S. The molecule has 0 saturated carbocycles. The summed E-state index contributed by atoms with van der Waals surface area (Å²) in [6.07, 6.45) is 3.30. The van der Waals surface area contributed by atoms with Gasteiger partial charge in [-0.1, -0.05) is 51.0 Å². The van der Waals surface area contributed by atoms with E-state index in [0.717, 1.165) is 60.6 Å². The molecule has 0 saturated heterocycles. The van der Waals surface area contributed by atoms with Crippen LogP contribution in [-0.4, -0.2) is 55.7 Å². The molecule has 1 heterocycles. The summed E-state index contributed by atoms with van der Waals surface area (Å²) in [6.45, 7) is 10.3. The summed E-state index contributed by atoms with van der Waals surface area (Å²) in [4.78, 5) is 22.5. The van der Waals surface area contributed by atoms with Crippen molar-refractivity contribution in [3.05, 3.63) is 48.0 Å². The number of fused-ring (bicyclic) bond motifs is 1. The smallest absolute Gasteiger partial charge is 0.260 e. The second kappa shape index (κ2) is 12.6. The largest absolute Gasteiger partial charge is 0.497 e. The van der Waals surface area contributed by atoms with Crippen molar-refractivity contribution >= 4 is 32.6 Å². The molecule has 0 bridgehead atoms. The zero-order valence-corrected chi connectivity index (χ0v) is 21.0. The van der Waals surface area contributed by atoms with Crippen LogP contribution in [0.1, 0.15) is 50.4 Å². The number of ether oxygens (including phenoxy) is 2. The van der Waals surface area contributed by atoms with E-state index in [1.165, 1.54) is 11.3 Å². The zero-order valence-electron chi connectivity index (χ0n) is 20.2. The van der Waals surface area contributed by atoms with E-state index in [1.54, 1.807) is 12.0 Å². The molecule has 1 aromatic heterocycles. The minimum Gasteiger partial charge on any atom is -0.497 e. The lowest BCUT2D eigenvalue weighted by molar-refractivity contribution is 0.0983. The van der Waals surface area contributed by atoms with Crippen LogP contribution in [0.5, 0.6) is 11.5 Å². The molecule has 0 aliphatic carbocycles. The highest BCUT2D eigenvalue weighted by Crippen LogP contribution is 2.32. The summed E-state index contributed by atoms with van der Waals surface area (Å²) < 4.78 is 12.2. The van der Waals surface area contributed by atoms with Gasteiger partial charge in [-0.2, -0.15) is 0 Å². The van der Waals surface area contributed by atoms with Crippen LogP contribution < -0.4 is 14.4 Å². The molecule has 178 valence electrons. The maximum atomic E-state index is 13.7. The summed E-state index contributed by atoms with van der Waals surface area (Å²) in [7, 11) is 1.65. The van der Waals surface area contributed by atoms with Crippen molar-refractivity contribution in [2.24, 2.45) is 0 Å². The first-order valence-electron chi connectivity index (χ1n) is 11.8. The third-order valence-corrected chi connectivity index (χ3v) is 6.73. The van der Waals surface area contributed by atoms with Gasteiger partial charge in [-0.15, -0.1) is 0 Å². The first-order chi connectivity index (χ1) is 16.1. The highest BCUT2D eigenvalue weighted by atomic mass is 32.1. The van der Waals surface area contributed by atoms with Gasteiger partial charge in [-0.05, 0) is 55.9 Å². The van der Waals surface area contributed by atoms with Crippen molar-refractivity contribution in [3.8, 4) is 11.5 Å². The molecule has 1 amide bonds. The molecule has 3 rings (SSSR count). The average Bonchev–Trinajstić information content (AvgIpc) is 3.27. The van der Waals surface area contributed by atoms with Gasteiger partial charge < -0.3 is 14.4 Å². The summed E-state index contributed by atoms with van der Waals surface area (Å²) in [5, 5.41) is 0.699. The summed E-state index contributed by atoms with van der Waals surface area (Å²) >= 11 is 1.51. The Kier molecular flexibility index (Phi) is 9.51. The highest BCUT2D eigenvalue weighted by Gasteiger charge is 2.22. The molecule has 2 aromatic carbocycles. The SMILES string of the molecule is CCCCCOc1cccc(C(=O)N(CCN(CC)CC)c2nc3ccc(OC)cc3s2)c1. The molecule has 0 unspecified atom stereocenters. The molecule has 0 radical (unpaired) electrons. The molecule has 0 aliphatic heterocycles. The molecule has 33 heavy (non-hydrogen) atoms. The van der Waals surface area contributed by atoms with Crippen LogP contribution in [0.3, 0.4) is 0 Å². The van der Waals surface area contributed by atoms with E-state index in [9.17, 15) is 4.79 Å². The molecular weight excluding hydrogens is 434 g/mol. The molecule has 0 aliphatic rings. The fourth-order valence-electron chi connectivity index (χ4n) is 3.62. The monoisotopic (exact) mass is 469 g/mol. The number of hydrogen-bond acceptors (Lipinski definition) is 6. The molecule has 0 spiro atoms. The Hall–Kier alpha value is -2.64. The lowest BCUT2D eigenvalue weighted by Crippen LogP contribution is -2.38. The second-order valence-electron chi connectivity index (χ2n) is 7.90. The normalized spacial score (nSPS) is 11.2. The van der Waals surface area contributed by atoms with Gasteiger partial charge in [-0.25, -0.2) is 4.98 Å². The highest BCUT2D eigenvalue weighted by molar-refractivity contribution is 7.22. The molecule has 0 N–H and O–H groups in total. The number of aromatic nitrogens is 1. The van der Waals surface area contributed by atoms with Crippen LogP contribution in [0.25, 0.3) is 10.2 Å². The third kappa shape index (κ3) is 6.68. The quantitative estimate of drug-likeness (QED) is 0.293. The summed E-state index contributed by atoms with van der Waals surface area (Å²) in [5.41, 5.74) is 1.48. The van der Waals surface area contributed by atoms with Crippen molar-refractivity contribution < 1.29 is 14.3 Å². The van der Waals surface area contributed by atoms with E-state index in [-0.39, 0.29) is 5.91 Å². The Morgan fingerprint density at radius 3 is 2.55 bits per heavy atom. The van der Waals surface area contributed by atoms with Gasteiger partial charge in [0.1, 0.15) is 11.5 Å². The first kappa shape index (κ1) is 25.0. The van der Waals surface area contributed by atoms with Gasteiger partial charge in [0.05, 0.1) is 23.9 Å². The van der Waals surface area contributed by atoms with E-state index in [4.69, 9.17) is 14.5 Å². The number of hydrogen-bond donors (Lipinski definition) is 0. The number of carbonyl (C=O) groups excluding carboxylic acids is 1. The fourth-order valence-corrected chi connectivity index (χ4v) is 4.64. The van der Waals surface area contributed by atoms with Crippen LogP contribution in [0.15, 0.2) is 42.5 Å². The minimum atomic E-state index is -0.0628. The van der Waals surface area contributed by atoms with E-state index >= 15 is 0 Å². The van der Waals surface area contributed by atoms with Crippen LogP contribution in [0.2, 0.25) is 0 Å². The topological polar surface area (TPSA) is 54.9 Å². The molecule has 7 heteroatoms. The number of thiazole rings is 1. The van der Waals surface area contributed by atoms with Crippen LogP contribution in [0, 0.1) is 0 Å². The lowest BCUT2D eigenvalue weighted by atomic mass is 10.2. The van der Waals surface area contributed by atoms with Crippen molar-refractivity contribution in [1.29, 1.82) is 0 Å². The molecule has 3 aromatic rings. The number of amides is 1. The van der Waals surface area contributed by atoms with Crippen molar-refractivity contribution in [2.75, 3.05) is 44.8 Å². The van der Waals surface area contributed by atoms with Crippen molar-refractivity contribution in [1.82, 2.24) is 9.88 Å². The van der Waals surface area contributed by atoms with Crippen LogP contribution >= 0.6 is 11.3 Å². The van der Waals surface area contributed by atoms with E-state index in [2.05, 4.69) is 25.7 Å². The van der Waals surface area contributed by atoms with Gasteiger partial charge in [0.15, 0.2) is 5.13 Å². The van der Waals surface area contributed by atoms with Gasteiger partial charge in [0, 0.05) is 18.7 Å². The Labute approximate surface area is 201 Å². The van der Waals surface area contributed by atoms with Gasteiger partial charge in [0.2, 0.25) is 0 Å². The van der Waals surface area contributed by atoms with Crippen LogP contribution in [-0.2, 0) is 0 Å². The van der Waals surface area contributed by atoms with Gasteiger partial charge in [-0.3, -0.25) is 9.69 Å². The molecule has 6 nitrogen and oxygen atoms in total. The minimum absolute atomic E-state index is 0.0628. The Balaban J connectivity index is 1.87. The number of carbonyl (C=O) groups is 1. The fraction of sp³-hybridized carbons (Fsp3) is 0.462. The number of methoxy groups -OCH3 is 1. The Morgan fingerprint density at radius 1 is 1.00 bits per heavy atom. The number of anilines is 1. The van der Waals surface area contributed by atoms with Crippen molar-refractivity contribution in [2.45, 2.75) is 40.0 Å². The average molecular weight is 470 g/mol. The standard InChI is InChI=1S/C26H35N3O3S/c1-5-8-9-17-32-22-12-10-11-20(18-22)25(30)29(16-15-28(6-2)7-3)26-27-23-14-13-21(31-4)19-24(23)33-26/h10-14,18-19H,5-9,15-17H2,1-4H3. The van der Waals surface area contributed by atoms with Gasteiger partial charge in [0.25, 0.3) is 5.91 Å². The Morgan fingerprint density at radius 2 is 1.82 bits per heavy atom. The van der Waals surface area contributed by atoms with Crippen LogP contribution in [0.4, 0.5) is 5.13 Å². The number of rotatable bonds is 13. The number of unbranched alkanes of at least 4 members (excludes halogenated alkanes) is 2. The zero-order chi connectivity index (χ0) is 23.6. The second-order valence-corrected chi connectivity index (χ2v) is 8.91. The number of nitrogens with zero attached hydrogens (tertiary/aromatic N) is 3. The predicted molar refractivity (Wildman–Crippen MR) is 137 cm³/mol. The number of likely N-dealkylation sites (N-methyl/N-ethyl adjacent to an activating group) is 1. The molecule has 0 atom stereocenters. The van der Waals surface area contributed by atoms with Crippen molar-refractivity contribution in [3.63, 3.8) is 0 Å². The summed E-state index contributed by atoms with van der Waals surface area (Å²) in [6, 6.07) is 13.3.